The molecule has 0 saturated carbocycles. The molecule has 0 rings (SSSR count). The van der Waals surface area contributed by atoms with Crippen molar-refractivity contribution in [3.05, 3.63) is 13.5 Å². The lowest BCUT2D eigenvalue weighted by Gasteiger charge is -2.19. The zero-order chi connectivity index (χ0) is 6.62. The fourth-order valence-electron chi connectivity index (χ4n) is 0.378. The third kappa shape index (κ3) is 3.03. The van der Waals surface area contributed by atoms with E-state index >= 15 is 0 Å². The summed E-state index contributed by atoms with van der Waals surface area (Å²) in [6, 6.07) is 0. The molecule has 0 bridgehead atoms. The molecule has 0 aliphatic carbocycles. The summed E-state index contributed by atoms with van der Waals surface area (Å²) in [4.78, 5) is 0. The maximum absolute atomic E-state index is 4.83. The molecule has 0 aliphatic heterocycles. The van der Waals surface area contributed by atoms with Gasteiger partial charge in [-0.3, -0.25) is 0 Å². The highest BCUT2D eigenvalue weighted by molar-refractivity contribution is 4.77. The summed E-state index contributed by atoms with van der Waals surface area (Å²) in [5.74, 6) is 0. The maximum atomic E-state index is 4.83. The van der Waals surface area contributed by atoms with Crippen LogP contribution in [0.2, 0.25) is 0 Å². The van der Waals surface area contributed by atoms with Gasteiger partial charge in [-0.05, 0) is 11.8 Å². The molecule has 0 N–H and O–H groups in total. The standard InChI is InChI=1S/C7H14O/c1-5-7(2,3)6-8-4/h6H,1,5H2,2-4H3. The minimum absolute atomic E-state index is 0.134. The second-order valence-corrected chi connectivity index (χ2v) is 2.59. The zero-order valence-electron chi connectivity index (χ0n) is 5.90. The second kappa shape index (κ2) is 3.08. The van der Waals surface area contributed by atoms with Gasteiger partial charge in [0.1, 0.15) is 0 Å². The molecule has 0 aromatic rings. The Kier molecular flexibility index (Phi) is 3.06. The van der Waals surface area contributed by atoms with Crippen molar-refractivity contribution in [1.82, 2.24) is 0 Å². The van der Waals surface area contributed by atoms with E-state index in [0.29, 0.717) is 0 Å². The summed E-state index contributed by atoms with van der Waals surface area (Å²) in [5, 5.41) is 0. The first-order valence-electron chi connectivity index (χ1n) is 2.79. The Morgan fingerprint density at radius 1 is 1.62 bits per heavy atom. The molecule has 0 aliphatic rings. The molecular weight excluding hydrogens is 100 g/mol. The van der Waals surface area contributed by atoms with Crippen LogP contribution in [0.3, 0.4) is 0 Å². The summed E-state index contributed by atoms with van der Waals surface area (Å²) in [5.41, 5.74) is 0.134. The van der Waals surface area contributed by atoms with Crippen LogP contribution >= 0.6 is 0 Å². The van der Waals surface area contributed by atoms with Gasteiger partial charge >= 0.3 is 0 Å². The lowest BCUT2D eigenvalue weighted by Crippen LogP contribution is -2.10. The predicted molar refractivity (Wildman–Crippen MR) is 35.1 cm³/mol. The number of hydrogen-bond acceptors (Lipinski definition) is 1. The minimum atomic E-state index is 0.134. The van der Waals surface area contributed by atoms with Crippen molar-refractivity contribution in [1.29, 1.82) is 0 Å². The number of ether oxygens (including phenoxy) is 1. The second-order valence-electron chi connectivity index (χ2n) is 2.59. The highest BCUT2D eigenvalue weighted by Gasteiger charge is 2.14. The van der Waals surface area contributed by atoms with Crippen molar-refractivity contribution in [3.63, 3.8) is 0 Å². The number of methoxy groups -OCH3 is 1. The average Bonchev–Trinajstić information content (AvgIpc) is 1.67. The first-order chi connectivity index (χ1) is 3.62. The Hall–Kier alpha value is -0.0400. The van der Waals surface area contributed by atoms with E-state index in [0.717, 1.165) is 6.42 Å². The van der Waals surface area contributed by atoms with Crippen molar-refractivity contribution in [2.75, 3.05) is 7.11 Å². The van der Waals surface area contributed by atoms with Crippen LogP contribution in [-0.2, 0) is 4.74 Å². The van der Waals surface area contributed by atoms with E-state index < -0.39 is 0 Å². The fraction of sp³-hybridized carbons (Fsp3) is 0.714. The topological polar surface area (TPSA) is 9.23 Å². The van der Waals surface area contributed by atoms with Gasteiger partial charge in [0, 0.05) is 7.11 Å². The molecule has 0 saturated heterocycles. The third-order valence-corrected chi connectivity index (χ3v) is 1.08. The zero-order valence-corrected chi connectivity index (χ0v) is 5.90. The molecule has 0 atom stereocenters. The van der Waals surface area contributed by atoms with Crippen molar-refractivity contribution in [2.24, 2.45) is 5.41 Å². The molecule has 0 fully saturated rings. The SMILES string of the molecule is [CH2]CC(C)(C)[CH]OC. The van der Waals surface area contributed by atoms with Crippen molar-refractivity contribution < 1.29 is 4.74 Å². The van der Waals surface area contributed by atoms with Crippen LogP contribution in [0.1, 0.15) is 20.3 Å². The average molecular weight is 114 g/mol. The van der Waals surface area contributed by atoms with E-state index in [1.807, 2.05) is 0 Å². The largest absolute Gasteiger partial charge is 0.378 e. The Bertz CT molecular complexity index is 57.4. The Morgan fingerprint density at radius 3 is 2.25 bits per heavy atom. The molecule has 0 aromatic carbocycles. The van der Waals surface area contributed by atoms with Crippen molar-refractivity contribution >= 4 is 0 Å². The molecule has 1 nitrogen and oxygen atoms in total. The molecule has 0 aromatic heterocycles. The Morgan fingerprint density at radius 2 is 2.12 bits per heavy atom. The van der Waals surface area contributed by atoms with E-state index in [9.17, 15) is 0 Å². The summed E-state index contributed by atoms with van der Waals surface area (Å²) < 4.78 is 4.83. The predicted octanol–water partition coefficient (Wildman–Crippen LogP) is 2.04. The summed E-state index contributed by atoms with van der Waals surface area (Å²) in [6.07, 6.45) is 0.876. The Balaban J connectivity index is 3.37. The molecule has 0 unspecified atom stereocenters. The lowest BCUT2D eigenvalue weighted by molar-refractivity contribution is 0.181. The van der Waals surface area contributed by atoms with Crippen LogP contribution in [0.4, 0.5) is 0 Å². The molecule has 1 heteroatoms. The van der Waals surface area contributed by atoms with E-state index in [-0.39, 0.29) is 5.41 Å². The first kappa shape index (κ1) is 7.96. The van der Waals surface area contributed by atoms with Crippen LogP contribution in [-0.4, -0.2) is 7.11 Å². The van der Waals surface area contributed by atoms with E-state index in [4.69, 9.17) is 4.74 Å². The molecular formula is C7H14O. The van der Waals surface area contributed by atoms with Crippen molar-refractivity contribution in [3.8, 4) is 0 Å². The fourth-order valence-corrected chi connectivity index (χ4v) is 0.378. The lowest BCUT2D eigenvalue weighted by atomic mass is 9.92. The molecule has 0 heterocycles. The monoisotopic (exact) mass is 114 g/mol. The quantitative estimate of drug-likeness (QED) is 0.545. The van der Waals surface area contributed by atoms with Crippen LogP contribution in [0.15, 0.2) is 0 Å². The minimum Gasteiger partial charge on any atom is -0.378 e. The van der Waals surface area contributed by atoms with Crippen molar-refractivity contribution in [2.45, 2.75) is 20.3 Å². The molecule has 0 spiro atoms. The van der Waals surface area contributed by atoms with Crippen LogP contribution in [0.25, 0.3) is 0 Å². The van der Waals surface area contributed by atoms with E-state index in [2.05, 4.69) is 20.8 Å². The normalized spacial score (nSPS) is 12.0. The van der Waals surface area contributed by atoms with Gasteiger partial charge < -0.3 is 4.74 Å². The highest BCUT2D eigenvalue weighted by atomic mass is 16.5. The highest BCUT2D eigenvalue weighted by Crippen LogP contribution is 2.22. The van der Waals surface area contributed by atoms with Gasteiger partial charge in [0.05, 0.1) is 6.61 Å². The molecule has 48 valence electrons. The van der Waals surface area contributed by atoms with Gasteiger partial charge in [0.15, 0.2) is 0 Å². The van der Waals surface area contributed by atoms with Gasteiger partial charge in [-0.15, -0.1) is 0 Å². The third-order valence-electron chi connectivity index (χ3n) is 1.08. The summed E-state index contributed by atoms with van der Waals surface area (Å²) >= 11 is 0. The van der Waals surface area contributed by atoms with E-state index in [1.165, 1.54) is 0 Å². The molecule has 8 heavy (non-hydrogen) atoms. The maximum Gasteiger partial charge on any atom is 0.0888 e. The van der Waals surface area contributed by atoms with Gasteiger partial charge in [-0.2, -0.15) is 0 Å². The first-order valence-corrected chi connectivity index (χ1v) is 2.79. The van der Waals surface area contributed by atoms with E-state index in [1.54, 1.807) is 13.7 Å². The van der Waals surface area contributed by atoms with Crippen LogP contribution < -0.4 is 0 Å². The van der Waals surface area contributed by atoms with Gasteiger partial charge in [0.25, 0.3) is 0 Å². The van der Waals surface area contributed by atoms with Gasteiger partial charge in [-0.1, -0.05) is 20.8 Å². The van der Waals surface area contributed by atoms with Crippen LogP contribution in [0, 0.1) is 18.9 Å². The number of hydrogen-bond donors (Lipinski definition) is 0. The van der Waals surface area contributed by atoms with Crippen LogP contribution in [0.5, 0.6) is 0 Å². The van der Waals surface area contributed by atoms with Gasteiger partial charge in [-0.25, -0.2) is 0 Å². The summed E-state index contributed by atoms with van der Waals surface area (Å²) in [7, 11) is 1.66. The summed E-state index contributed by atoms with van der Waals surface area (Å²) in [6.45, 7) is 9.74. The smallest absolute Gasteiger partial charge is 0.0888 e. The Labute approximate surface area is 52.0 Å². The number of rotatable bonds is 3. The van der Waals surface area contributed by atoms with Gasteiger partial charge in [0.2, 0.25) is 0 Å². The molecule has 0 amide bonds. The molecule has 2 radical (unpaired) electrons.